The molecule has 2 aromatic rings. The highest BCUT2D eigenvalue weighted by molar-refractivity contribution is 5.82. The van der Waals surface area contributed by atoms with Crippen molar-refractivity contribution in [1.29, 1.82) is 0 Å². The maximum absolute atomic E-state index is 6.31. The molecule has 84 valence electrons. The van der Waals surface area contributed by atoms with E-state index in [1.54, 1.807) is 0 Å². The van der Waals surface area contributed by atoms with Gasteiger partial charge in [-0.25, -0.2) is 0 Å². The molecule has 1 aromatic heterocycles. The minimum Gasteiger partial charge on any atom is -0.323 e. The van der Waals surface area contributed by atoms with E-state index in [0.29, 0.717) is 0 Å². The van der Waals surface area contributed by atoms with Crippen LogP contribution in [0.3, 0.4) is 0 Å². The fourth-order valence-electron chi connectivity index (χ4n) is 1.86. The van der Waals surface area contributed by atoms with Gasteiger partial charge in [-0.05, 0) is 23.1 Å². The summed E-state index contributed by atoms with van der Waals surface area (Å²) in [5.41, 5.74) is 8.56. The molecule has 0 bridgehead atoms. The van der Waals surface area contributed by atoms with Crippen LogP contribution in [0.2, 0.25) is 0 Å². The maximum atomic E-state index is 6.31. The summed E-state index contributed by atoms with van der Waals surface area (Å²) in [7, 11) is 0. The van der Waals surface area contributed by atoms with Crippen molar-refractivity contribution in [3.63, 3.8) is 0 Å². The highest BCUT2D eigenvalue weighted by Crippen LogP contribution is 2.33. The van der Waals surface area contributed by atoms with Crippen LogP contribution in [0.15, 0.2) is 36.5 Å². The third-order valence-electron chi connectivity index (χ3n) is 2.95. The molecule has 2 nitrogen and oxygen atoms in total. The number of pyridine rings is 1. The third-order valence-corrected chi connectivity index (χ3v) is 2.95. The Labute approximate surface area is 96.5 Å². The molecule has 16 heavy (non-hydrogen) atoms. The zero-order valence-corrected chi connectivity index (χ0v) is 10.1. The first-order valence-corrected chi connectivity index (χ1v) is 5.59. The summed E-state index contributed by atoms with van der Waals surface area (Å²) in [5.74, 6) is 0. The van der Waals surface area contributed by atoms with Crippen molar-refractivity contribution in [2.45, 2.75) is 26.8 Å². The summed E-state index contributed by atoms with van der Waals surface area (Å²) >= 11 is 0. The van der Waals surface area contributed by atoms with E-state index in [-0.39, 0.29) is 11.5 Å². The SMILES string of the molecule is CC(C)(C)C(N)c1cccc2ncccc12. The second-order valence-corrected chi connectivity index (χ2v) is 5.26. The first kappa shape index (κ1) is 11.1. The van der Waals surface area contributed by atoms with Crippen LogP contribution in [-0.4, -0.2) is 4.98 Å². The summed E-state index contributed by atoms with van der Waals surface area (Å²) in [5, 5.41) is 1.16. The minimum atomic E-state index is 0.0281. The molecule has 0 amide bonds. The van der Waals surface area contributed by atoms with E-state index in [9.17, 15) is 0 Å². The summed E-state index contributed by atoms with van der Waals surface area (Å²) in [6.07, 6.45) is 1.81. The zero-order chi connectivity index (χ0) is 11.8. The van der Waals surface area contributed by atoms with Crippen molar-refractivity contribution < 1.29 is 0 Å². The topological polar surface area (TPSA) is 38.9 Å². The van der Waals surface area contributed by atoms with E-state index in [0.717, 1.165) is 10.9 Å². The number of rotatable bonds is 1. The second kappa shape index (κ2) is 3.87. The van der Waals surface area contributed by atoms with Crippen molar-refractivity contribution in [2.24, 2.45) is 11.1 Å². The van der Waals surface area contributed by atoms with Crippen molar-refractivity contribution in [2.75, 3.05) is 0 Å². The third kappa shape index (κ3) is 1.93. The van der Waals surface area contributed by atoms with Gasteiger partial charge < -0.3 is 5.73 Å². The molecule has 0 saturated carbocycles. The second-order valence-electron chi connectivity index (χ2n) is 5.26. The molecule has 2 heteroatoms. The van der Waals surface area contributed by atoms with Gasteiger partial charge in [0.25, 0.3) is 0 Å². The Hall–Kier alpha value is -1.41. The van der Waals surface area contributed by atoms with E-state index < -0.39 is 0 Å². The Kier molecular flexibility index (Phi) is 2.68. The van der Waals surface area contributed by atoms with E-state index >= 15 is 0 Å². The zero-order valence-electron chi connectivity index (χ0n) is 10.1. The normalized spacial score (nSPS) is 14.0. The lowest BCUT2D eigenvalue weighted by molar-refractivity contribution is 0.328. The Morgan fingerprint density at radius 3 is 2.56 bits per heavy atom. The fraction of sp³-hybridized carbons (Fsp3) is 0.357. The molecule has 1 heterocycles. The molecule has 1 atom stereocenters. The van der Waals surface area contributed by atoms with Crippen LogP contribution in [0.1, 0.15) is 32.4 Å². The number of nitrogens with two attached hydrogens (primary N) is 1. The average Bonchev–Trinajstić information content (AvgIpc) is 2.26. The van der Waals surface area contributed by atoms with Gasteiger partial charge in [0.15, 0.2) is 0 Å². The maximum Gasteiger partial charge on any atom is 0.0705 e. The van der Waals surface area contributed by atoms with Crippen molar-refractivity contribution >= 4 is 10.9 Å². The number of aromatic nitrogens is 1. The van der Waals surface area contributed by atoms with E-state index in [1.807, 2.05) is 24.4 Å². The van der Waals surface area contributed by atoms with Gasteiger partial charge in [-0.15, -0.1) is 0 Å². The Morgan fingerprint density at radius 2 is 1.88 bits per heavy atom. The van der Waals surface area contributed by atoms with Crippen LogP contribution in [-0.2, 0) is 0 Å². The largest absolute Gasteiger partial charge is 0.323 e. The van der Waals surface area contributed by atoms with Crippen molar-refractivity contribution in [1.82, 2.24) is 4.98 Å². The van der Waals surface area contributed by atoms with Crippen LogP contribution in [0.5, 0.6) is 0 Å². The van der Waals surface area contributed by atoms with Gasteiger partial charge in [0.1, 0.15) is 0 Å². The molecule has 1 unspecified atom stereocenters. The first-order chi connectivity index (χ1) is 7.50. The predicted molar refractivity (Wildman–Crippen MR) is 68.1 cm³/mol. The number of fused-ring (bicyclic) bond motifs is 1. The standard InChI is InChI=1S/C14H18N2/c1-14(2,3)13(15)11-6-4-8-12-10(11)7-5-9-16-12/h4-9,13H,15H2,1-3H3. The van der Waals surface area contributed by atoms with E-state index in [1.165, 1.54) is 5.56 Å². The van der Waals surface area contributed by atoms with Gasteiger partial charge in [0, 0.05) is 17.6 Å². The number of nitrogens with zero attached hydrogens (tertiary/aromatic N) is 1. The molecule has 0 saturated heterocycles. The van der Waals surface area contributed by atoms with Crippen LogP contribution in [0, 0.1) is 5.41 Å². The molecule has 2 N–H and O–H groups in total. The van der Waals surface area contributed by atoms with Crippen LogP contribution >= 0.6 is 0 Å². The lowest BCUT2D eigenvalue weighted by Gasteiger charge is -2.28. The molecule has 0 radical (unpaired) electrons. The molecule has 2 rings (SSSR count). The molecule has 1 aromatic carbocycles. The van der Waals surface area contributed by atoms with Gasteiger partial charge in [-0.3, -0.25) is 4.98 Å². The molecule has 0 aliphatic rings. The molecule has 0 fully saturated rings. The molecule has 0 spiro atoms. The van der Waals surface area contributed by atoms with Gasteiger partial charge in [-0.1, -0.05) is 39.0 Å². The average molecular weight is 214 g/mol. The molecule has 0 aliphatic heterocycles. The Morgan fingerprint density at radius 1 is 1.12 bits per heavy atom. The summed E-state index contributed by atoms with van der Waals surface area (Å²) in [6.45, 7) is 6.48. The Balaban J connectivity index is 2.61. The number of hydrogen-bond acceptors (Lipinski definition) is 2. The smallest absolute Gasteiger partial charge is 0.0705 e. The predicted octanol–water partition coefficient (Wildman–Crippen LogP) is 3.28. The van der Waals surface area contributed by atoms with Crippen LogP contribution < -0.4 is 5.73 Å². The molecule has 0 aliphatic carbocycles. The monoisotopic (exact) mass is 214 g/mol. The van der Waals surface area contributed by atoms with Crippen LogP contribution in [0.25, 0.3) is 10.9 Å². The fourth-order valence-corrected chi connectivity index (χ4v) is 1.86. The van der Waals surface area contributed by atoms with Gasteiger partial charge in [0.2, 0.25) is 0 Å². The molecular formula is C14H18N2. The van der Waals surface area contributed by atoms with E-state index in [4.69, 9.17) is 5.73 Å². The highest BCUT2D eigenvalue weighted by Gasteiger charge is 2.23. The Bertz CT molecular complexity index is 492. The first-order valence-electron chi connectivity index (χ1n) is 5.59. The summed E-state index contributed by atoms with van der Waals surface area (Å²) < 4.78 is 0. The minimum absolute atomic E-state index is 0.0281. The number of hydrogen-bond donors (Lipinski definition) is 1. The highest BCUT2D eigenvalue weighted by atomic mass is 14.7. The summed E-state index contributed by atoms with van der Waals surface area (Å²) in [4.78, 5) is 4.35. The lowest BCUT2D eigenvalue weighted by Crippen LogP contribution is -2.26. The molecular weight excluding hydrogens is 196 g/mol. The van der Waals surface area contributed by atoms with Gasteiger partial charge in [0.05, 0.1) is 5.52 Å². The van der Waals surface area contributed by atoms with Gasteiger partial charge in [-0.2, -0.15) is 0 Å². The van der Waals surface area contributed by atoms with Crippen molar-refractivity contribution in [3.05, 3.63) is 42.1 Å². The number of benzene rings is 1. The van der Waals surface area contributed by atoms with Crippen LogP contribution in [0.4, 0.5) is 0 Å². The quantitative estimate of drug-likeness (QED) is 0.791. The summed E-state index contributed by atoms with van der Waals surface area (Å²) in [6, 6.07) is 10.2. The lowest BCUT2D eigenvalue weighted by atomic mass is 9.82. The van der Waals surface area contributed by atoms with Gasteiger partial charge >= 0.3 is 0 Å². The van der Waals surface area contributed by atoms with Crippen molar-refractivity contribution in [3.8, 4) is 0 Å². The van der Waals surface area contributed by atoms with E-state index in [2.05, 4.69) is 37.9 Å².